The van der Waals surface area contributed by atoms with Crippen LogP contribution < -0.4 is 10.1 Å². The van der Waals surface area contributed by atoms with Gasteiger partial charge in [0.15, 0.2) is 6.61 Å². The van der Waals surface area contributed by atoms with Crippen LogP contribution in [0.5, 0.6) is 5.75 Å². The molecule has 0 saturated carbocycles. The first-order valence-electron chi connectivity index (χ1n) is 8.36. The number of nitrogens with zero attached hydrogens (tertiary/aromatic N) is 1. The number of carbonyl (C=O) groups is 2. The Morgan fingerprint density at radius 1 is 1.15 bits per heavy atom. The molecular weight excluding hydrogens is 352 g/mol. The van der Waals surface area contributed by atoms with Crippen LogP contribution in [-0.4, -0.2) is 36.4 Å². The van der Waals surface area contributed by atoms with Crippen molar-refractivity contribution in [3.05, 3.63) is 64.7 Å². The molecule has 26 heavy (non-hydrogen) atoms. The molecule has 2 amide bonds. The Bertz CT molecular complexity index is 762. The largest absolute Gasteiger partial charge is 0.482 e. The summed E-state index contributed by atoms with van der Waals surface area (Å²) in [6, 6.07) is 14.2. The second kappa shape index (κ2) is 9.25. The van der Waals surface area contributed by atoms with Crippen LogP contribution in [0.15, 0.2) is 48.5 Å². The summed E-state index contributed by atoms with van der Waals surface area (Å²) < 4.78 is 5.55. The summed E-state index contributed by atoms with van der Waals surface area (Å²) in [7, 11) is 1.55. The van der Waals surface area contributed by atoms with E-state index in [4.69, 9.17) is 16.3 Å². The van der Waals surface area contributed by atoms with Gasteiger partial charge in [-0.1, -0.05) is 53.6 Å². The number of amides is 2. The second-order valence-electron chi connectivity index (χ2n) is 6.02. The van der Waals surface area contributed by atoms with Gasteiger partial charge in [0.1, 0.15) is 11.8 Å². The van der Waals surface area contributed by atoms with Gasteiger partial charge >= 0.3 is 0 Å². The lowest BCUT2D eigenvalue weighted by atomic mass is 10.1. The minimum Gasteiger partial charge on any atom is -0.482 e. The van der Waals surface area contributed by atoms with E-state index in [0.29, 0.717) is 17.3 Å². The first-order chi connectivity index (χ1) is 12.4. The molecule has 0 aliphatic heterocycles. The van der Waals surface area contributed by atoms with E-state index in [-0.39, 0.29) is 18.4 Å². The van der Waals surface area contributed by atoms with Crippen molar-refractivity contribution in [2.45, 2.75) is 26.4 Å². The van der Waals surface area contributed by atoms with E-state index >= 15 is 0 Å². The predicted molar refractivity (Wildman–Crippen MR) is 102 cm³/mol. The molecule has 2 aromatic carbocycles. The number of ether oxygens (including phenoxy) is 1. The number of hydrogen-bond acceptors (Lipinski definition) is 3. The predicted octanol–water partition coefficient (Wildman–Crippen LogP) is 3.19. The van der Waals surface area contributed by atoms with E-state index in [9.17, 15) is 9.59 Å². The average molecular weight is 375 g/mol. The molecule has 1 unspecified atom stereocenters. The molecule has 0 saturated heterocycles. The maximum atomic E-state index is 12.7. The van der Waals surface area contributed by atoms with Gasteiger partial charge in [0, 0.05) is 13.6 Å². The fourth-order valence-electron chi connectivity index (χ4n) is 2.47. The number of likely N-dealkylation sites (N-methyl/N-ethyl adjacent to an activating group) is 1. The minimum absolute atomic E-state index is 0.197. The third-order valence-electron chi connectivity index (χ3n) is 4.08. The fraction of sp³-hybridized carbons (Fsp3) is 0.300. The number of carbonyl (C=O) groups excluding carboxylic acids is 2. The molecule has 0 aliphatic rings. The number of aryl methyl sites for hydroxylation is 1. The Kier molecular flexibility index (Phi) is 7.04. The smallest absolute Gasteiger partial charge is 0.261 e. The minimum atomic E-state index is -0.622. The molecular formula is C20H23ClN2O3. The lowest BCUT2D eigenvalue weighted by molar-refractivity contribution is -0.142. The van der Waals surface area contributed by atoms with E-state index < -0.39 is 6.04 Å². The third-order valence-corrected chi connectivity index (χ3v) is 4.39. The van der Waals surface area contributed by atoms with Crippen molar-refractivity contribution in [1.82, 2.24) is 10.2 Å². The van der Waals surface area contributed by atoms with Gasteiger partial charge in [0.25, 0.3) is 5.91 Å². The quantitative estimate of drug-likeness (QED) is 0.809. The lowest BCUT2D eigenvalue weighted by Crippen LogP contribution is -2.48. The van der Waals surface area contributed by atoms with Crippen LogP contribution in [0.25, 0.3) is 0 Å². The number of nitrogens with one attached hydrogen (secondary N) is 1. The highest BCUT2D eigenvalue weighted by Crippen LogP contribution is 2.23. The van der Waals surface area contributed by atoms with E-state index in [1.54, 1.807) is 38.2 Å². The fourth-order valence-corrected chi connectivity index (χ4v) is 2.66. The zero-order valence-corrected chi connectivity index (χ0v) is 15.9. The summed E-state index contributed by atoms with van der Waals surface area (Å²) in [5.74, 6) is -0.0878. The number of para-hydroxylation sites is 1. The molecule has 0 fully saturated rings. The normalized spacial score (nSPS) is 11.5. The second-order valence-corrected chi connectivity index (χ2v) is 6.42. The maximum absolute atomic E-state index is 12.7. The van der Waals surface area contributed by atoms with Crippen molar-refractivity contribution in [3.63, 3.8) is 0 Å². The number of hydrogen-bond donors (Lipinski definition) is 1. The van der Waals surface area contributed by atoms with Gasteiger partial charge in [-0.2, -0.15) is 0 Å². The average Bonchev–Trinajstić information content (AvgIpc) is 2.65. The van der Waals surface area contributed by atoms with Gasteiger partial charge in [-0.3, -0.25) is 9.59 Å². The van der Waals surface area contributed by atoms with Gasteiger partial charge in [0.2, 0.25) is 5.91 Å². The SMILES string of the molecule is CNC(=O)C(C)N(Cc1ccc(C)cc1)C(=O)COc1ccccc1Cl. The number of benzene rings is 2. The van der Waals surface area contributed by atoms with Crippen molar-refractivity contribution in [2.75, 3.05) is 13.7 Å². The highest BCUT2D eigenvalue weighted by molar-refractivity contribution is 6.32. The molecule has 2 aromatic rings. The molecule has 1 N–H and O–H groups in total. The molecule has 0 aliphatic carbocycles. The lowest BCUT2D eigenvalue weighted by Gasteiger charge is -2.28. The van der Waals surface area contributed by atoms with Crippen molar-refractivity contribution in [3.8, 4) is 5.75 Å². The van der Waals surface area contributed by atoms with Crippen molar-refractivity contribution < 1.29 is 14.3 Å². The monoisotopic (exact) mass is 374 g/mol. The molecule has 138 valence electrons. The Balaban J connectivity index is 2.13. The first kappa shape index (κ1) is 19.8. The van der Waals surface area contributed by atoms with E-state index in [1.165, 1.54) is 4.90 Å². The molecule has 5 nitrogen and oxygen atoms in total. The third kappa shape index (κ3) is 5.23. The summed E-state index contributed by atoms with van der Waals surface area (Å²) in [6.45, 7) is 3.81. The van der Waals surface area contributed by atoms with E-state index in [1.807, 2.05) is 31.2 Å². The van der Waals surface area contributed by atoms with Crippen molar-refractivity contribution in [2.24, 2.45) is 0 Å². The first-order valence-corrected chi connectivity index (χ1v) is 8.74. The van der Waals surface area contributed by atoms with Crippen molar-refractivity contribution in [1.29, 1.82) is 0 Å². The van der Waals surface area contributed by atoms with Crippen LogP contribution in [0.2, 0.25) is 5.02 Å². The summed E-state index contributed by atoms with van der Waals surface area (Å²) in [5.41, 5.74) is 2.07. The molecule has 0 aromatic heterocycles. The van der Waals surface area contributed by atoms with Crippen LogP contribution in [-0.2, 0) is 16.1 Å². The van der Waals surface area contributed by atoms with Gasteiger partial charge in [0.05, 0.1) is 5.02 Å². The molecule has 0 spiro atoms. The van der Waals surface area contributed by atoms with Crippen LogP contribution in [0.4, 0.5) is 0 Å². The van der Waals surface area contributed by atoms with E-state index in [2.05, 4.69) is 5.32 Å². The summed E-state index contributed by atoms with van der Waals surface area (Å²) >= 11 is 6.05. The van der Waals surface area contributed by atoms with Crippen LogP contribution in [0, 0.1) is 6.92 Å². The van der Waals surface area contributed by atoms with E-state index in [0.717, 1.165) is 11.1 Å². The van der Waals surface area contributed by atoms with Crippen molar-refractivity contribution >= 4 is 23.4 Å². The number of halogens is 1. The highest BCUT2D eigenvalue weighted by atomic mass is 35.5. The standard InChI is InChI=1S/C20H23ClN2O3/c1-14-8-10-16(11-9-14)12-23(15(2)20(25)22-3)19(24)13-26-18-7-5-4-6-17(18)21/h4-11,15H,12-13H2,1-3H3,(H,22,25). The zero-order chi connectivity index (χ0) is 19.1. The molecule has 1 atom stereocenters. The zero-order valence-electron chi connectivity index (χ0n) is 15.2. The Hall–Kier alpha value is -2.53. The summed E-state index contributed by atoms with van der Waals surface area (Å²) in [5, 5.41) is 3.02. The summed E-state index contributed by atoms with van der Waals surface area (Å²) in [4.78, 5) is 26.3. The van der Waals surface area contributed by atoms with Crippen LogP contribution in [0.1, 0.15) is 18.1 Å². The van der Waals surface area contributed by atoms with Gasteiger partial charge in [-0.05, 0) is 31.5 Å². The van der Waals surface area contributed by atoms with Gasteiger partial charge in [-0.25, -0.2) is 0 Å². The Morgan fingerprint density at radius 2 is 1.81 bits per heavy atom. The molecule has 0 heterocycles. The van der Waals surface area contributed by atoms with Crippen LogP contribution >= 0.6 is 11.6 Å². The Labute approximate surface area is 158 Å². The number of rotatable bonds is 7. The summed E-state index contributed by atoms with van der Waals surface area (Å²) in [6.07, 6.45) is 0. The maximum Gasteiger partial charge on any atom is 0.261 e. The topological polar surface area (TPSA) is 58.6 Å². The molecule has 2 rings (SSSR count). The molecule has 6 heteroatoms. The molecule has 0 bridgehead atoms. The van der Waals surface area contributed by atoms with Gasteiger partial charge in [-0.15, -0.1) is 0 Å². The van der Waals surface area contributed by atoms with Gasteiger partial charge < -0.3 is 15.0 Å². The van der Waals surface area contributed by atoms with Crippen LogP contribution in [0.3, 0.4) is 0 Å². The Morgan fingerprint density at radius 3 is 2.42 bits per heavy atom. The highest BCUT2D eigenvalue weighted by Gasteiger charge is 2.26. The molecule has 0 radical (unpaired) electrons.